The van der Waals surface area contributed by atoms with Crippen LogP contribution in [-0.2, 0) is 55.8 Å². The van der Waals surface area contributed by atoms with Gasteiger partial charge in [-0.3, -0.25) is 32.5 Å². The van der Waals surface area contributed by atoms with E-state index in [2.05, 4.69) is 142 Å². The van der Waals surface area contributed by atoms with Crippen molar-refractivity contribution in [2.45, 2.75) is 334 Å². The van der Waals surface area contributed by atoms with Crippen molar-refractivity contribution in [3.05, 3.63) is 122 Å². The molecule has 0 saturated carbocycles. The van der Waals surface area contributed by atoms with E-state index in [4.69, 9.17) is 32.3 Å². The summed E-state index contributed by atoms with van der Waals surface area (Å²) in [7, 11) is -9.79. The van der Waals surface area contributed by atoms with E-state index in [-0.39, 0.29) is 19.3 Å². The molecular weight excluding hydrogens is 1290 g/mol. The molecule has 99 heavy (non-hydrogen) atoms. The Bertz CT molecular complexity index is 2290. The summed E-state index contributed by atoms with van der Waals surface area (Å²) < 4.78 is 61.0. The average Bonchev–Trinajstić information content (AvgIpc) is 1.38. The molecule has 5 unspecified atom stereocenters. The number of aliphatic hydroxyl groups is 2. The highest BCUT2D eigenvalue weighted by molar-refractivity contribution is 7.47. The van der Waals surface area contributed by atoms with Crippen LogP contribution in [0.5, 0.6) is 0 Å². The molecule has 0 aliphatic carbocycles. The van der Waals surface area contributed by atoms with Gasteiger partial charge in [0.2, 0.25) is 0 Å². The predicted octanol–water partition coefficient (Wildman–Crippen LogP) is 22.5. The van der Waals surface area contributed by atoms with E-state index in [1.807, 2.05) is 0 Å². The van der Waals surface area contributed by atoms with Crippen molar-refractivity contribution in [3.8, 4) is 0 Å². The zero-order chi connectivity index (χ0) is 72.3. The number of phosphoric acid groups is 2. The number of unbranched alkanes of at least 4 members (excludes halogenated alkanes) is 30. The summed E-state index contributed by atoms with van der Waals surface area (Å²) in [6, 6.07) is 0. The maximum atomic E-state index is 12.9. The molecule has 0 aromatic carbocycles. The summed E-state index contributed by atoms with van der Waals surface area (Å²) in [6.45, 7) is 2.37. The molecule has 0 amide bonds. The van der Waals surface area contributed by atoms with Crippen LogP contribution in [0.3, 0.4) is 0 Å². The molecule has 570 valence electrons. The smallest absolute Gasteiger partial charge is 0.463 e. The van der Waals surface area contributed by atoms with Gasteiger partial charge in [0.05, 0.1) is 26.4 Å². The first kappa shape index (κ1) is 94.9. The fourth-order valence-electron chi connectivity index (χ4n) is 10.3. The molecule has 0 aromatic heterocycles. The topological polar surface area (TPSA) is 231 Å². The van der Waals surface area contributed by atoms with E-state index in [0.29, 0.717) is 19.3 Å². The lowest BCUT2D eigenvalue weighted by atomic mass is 10.0. The quantitative estimate of drug-likeness (QED) is 0.0146. The van der Waals surface area contributed by atoms with Crippen molar-refractivity contribution >= 4 is 33.6 Å². The van der Waals surface area contributed by atoms with Gasteiger partial charge in [-0.25, -0.2) is 9.13 Å². The van der Waals surface area contributed by atoms with Crippen LogP contribution in [0.25, 0.3) is 0 Å². The molecule has 16 nitrogen and oxygen atoms in total. The number of carbonyl (C=O) groups is 3. The first-order valence-corrected chi connectivity index (χ1v) is 41.8. The van der Waals surface area contributed by atoms with E-state index in [0.717, 1.165) is 167 Å². The monoisotopic (exact) mass is 1430 g/mol. The predicted molar refractivity (Wildman–Crippen MR) is 408 cm³/mol. The van der Waals surface area contributed by atoms with Gasteiger partial charge < -0.3 is 34.2 Å². The summed E-state index contributed by atoms with van der Waals surface area (Å²) in [5.41, 5.74) is 0. The van der Waals surface area contributed by atoms with Gasteiger partial charge in [0, 0.05) is 19.3 Å². The fraction of sp³-hybridized carbons (Fsp3) is 0.716. The minimum atomic E-state index is -4.93. The highest BCUT2D eigenvalue weighted by atomic mass is 31.2. The Morgan fingerprint density at radius 1 is 0.293 bits per heavy atom. The molecule has 0 radical (unpaired) electrons. The normalized spacial score (nSPS) is 14.7. The lowest BCUT2D eigenvalue weighted by Gasteiger charge is -2.21. The molecule has 5 atom stereocenters. The number of phosphoric ester groups is 2. The Morgan fingerprint density at radius 3 is 0.848 bits per heavy atom. The van der Waals surface area contributed by atoms with Crippen molar-refractivity contribution in [1.82, 2.24) is 0 Å². The maximum Gasteiger partial charge on any atom is 0.472 e. The average molecular weight is 1430 g/mol. The summed E-state index contributed by atoms with van der Waals surface area (Å²) in [5.74, 6) is -1.60. The first-order chi connectivity index (χ1) is 48.2. The molecule has 0 spiro atoms. The lowest BCUT2D eigenvalue weighted by Crippen LogP contribution is -2.30. The molecule has 0 saturated heterocycles. The molecule has 4 N–H and O–H groups in total. The molecule has 0 aliphatic heterocycles. The summed E-state index contributed by atoms with van der Waals surface area (Å²) in [4.78, 5) is 58.5. The first-order valence-electron chi connectivity index (χ1n) is 38.8. The SMILES string of the molecule is CC/C=C\C/C=C\C/C=C\C/C=C\C/C=C\CCCCCCCCCCCCCCCCCCCC(=O)OCC(O)COP(=O)(O)OCC(O)COP(=O)(O)OCC(COC(=O)CCCCCCCCC/C=C\C/C=C\C/C=C\CC)OC(=O)CCCCCCC/C=C\C/C=C\CCC. The number of rotatable bonds is 73. The molecule has 0 aliphatic rings. The van der Waals surface area contributed by atoms with Crippen LogP contribution >= 0.6 is 15.6 Å². The number of allylic oxidation sites excluding steroid dienone is 20. The van der Waals surface area contributed by atoms with Crippen LogP contribution in [0.4, 0.5) is 0 Å². The van der Waals surface area contributed by atoms with Crippen molar-refractivity contribution in [2.24, 2.45) is 0 Å². The van der Waals surface area contributed by atoms with Crippen molar-refractivity contribution in [3.63, 3.8) is 0 Å². The van der Waals surface area contributed by atoms with Crippen LogP contribution in [0.1, 0.15) is 316 Å². The van der Waals surface area contributed by atoms with Gasteiger partial charge in [0.15, 0.2) is 6.10 Å². The molecule has 0 bridgehead atoms. The largest absolute Gasteiger partial charge is 0.472 e. The van der Waals surface area contributed by atoms with E-state index in [1.165, 1.54) is 89.9 Å². The van der Waals surface area contributed by atoms with E-state index >= 15 is 0 Å². The highest BCUT2D eigenvalue weighted by Crippen LogP contribution is 2.45. The highest BCUT2D eigenvalue weighted by Gasteiger charge is 2.29. The van der Waals surface area contributed by atoms with Crippen LogP contribution in [0, 0.1) is 0 Å². The number of ether oxygens (including phenoxy) is 3. The zero-order valence-electron chi connectivity index (χ0n) is 62.1. The van der Waals surface area contributed by atoms with Crippen LogP contribution < -0.4 is 0 Å². The molecule has 0 rings (SSSR count). The Hall–Kier alpha value is -4.05. The number of aliphatic hydroxyl groups excluding tert-OH is 2. The second kappa shape index (κ2) is 73.7. The van der Waals surface area contributed by atoms with Gasteiger partial charge in [-0.05, 0) is 122 Å². The summed E-state index contributed by atoms with van der Waals surface area (Å²) in [5, 5.41) is 20.6. The van der Waals surface area contributed by atoms with E-state index in [9.17, 15) is 43.5 Å². The number of esters is 3. The molecule has 0 fully saturated rings. The van der Waals surface area contributed by atoms with Crippen molar-refractivity contribution in [1.29, 1.82) is 0 Å². The summed E-state index contributed by atoms with van der Waals surface area (Å²) >= 11 is 0. The van der Waals surface area contributed by atoms with Gasteiger partial charge >= 0.3 is 33.6 Å². The third-order valence-electron chi connectivity index (χ3n) is 16.1. The Balaban J connectivity index is 4.38. The van der Waals surface area contributed by atoms with Gasteiger partial charge in [-0.1, -0.05) is 296 Å². The van der Waals surface area contributed by atoms with Crippen LogP contribution in [0.2, 0.25) is 0 Å². The standard InChI is InChI=1S/C81H140O16P2/c1-4-7-10-13-16-19-22-25-27-29-30-31-32-33-34-35-36-37-38-39-40-41-42-43-44-46-48-50-52-55-58-61-64-67-79(84)91-70-76(82)71-93-98(87,88)94-72-77(83)73-95-99(89,90)96-75-78(97-81(86)69-66-63-60-57-54-49-24-21-18-15-12-9-6-3)74-92-80(85)68-65-62-59-56-53-51-47-45-28-26-23-20-17-14-11-8-5-2/h7-8,10-12,15-17,19-21,24-28,30-31,33-34,76-78,82-83H,4-6,9,13-14,18,22-23,29,32,35-75H2,1-3H3,(H,87,88)(H,89,90)/b10-7-,11-8-,15-12-,19-16-,20-17-,24-21-,27-25-,28-26-,31-30-,34-33-. The maximum absolute atomic E-state index is 12.9. The Morgan fingerprint density at radius 2 is 0.535 bits per heavy atom. The van der Waals surface area contributed by atoms with Gasteiger partial charge in [0.25, 0.3) is 0 Å². The van der Waals surface area contributed by atoms with Crippen molar-refractivity contribution < 1.29 is 75.8 Å². The van der Waals surface area contributed by atoms with Gasteiger partial charge in [-0.15, -0.1) is 0 Å². The fourth-order valence-corrected chi connectivity index (χ4v) is 11.9. The second-order valence-electron chi connectivity index (χ2n) is 25.7. The molecular formula is C81H140O16P2. The van der Waals surface area contributed by atoms with Crippen molar-refractivity contribution in [2.75, 3.05) is 39.6 Å². The van der Waals surface area contributed by atoms with E-state index < -0.39 is 91.5 Å². The Labute approximate surface area is 602 Å². The van der Waals surface area contributed by atoms with Crippen LogP contribution in [-0.4, -0.2) is 95.9 Å². The van der Waals surface area contributed by atoms with Crippen LogP contribution in [0.15, 0.2) is 122 Å². The summed E-state index contributed by atoms with van der Waals surface area (Å²) in [6.07, 6.45) is 87.0. The second-order valence-corrected chi connectivity index (χ2v) is 28.7. The lowest BCUT2D eigenvalue weighted by molar-refractivity contribution is -0.161. The molecule has 0 aromatic rings. The Kier molecular flexibility index (Phi) is 70.7. The third kappa shape index (κ3) is 74.9. The minimum absolute atomic E-state index is 0.0851. The molecule has 0 heterocycles. The zero-order valence-corrected chi connectivity index (χ0v) is 63.9. The minimum Gasteiger partial charge on any atom is -0.463 e. The third-order valence-corrected chi connectivity index (χ3v) is 18.0. The number of hydrogen-bond acceptors (Lipinski definition) is 14. The molecule has 18 heteroatoms. The van der Waals surface area contributed by atoms with Gasteiger partial charge in [-0.2, -0.15) is 0 Å². The van der Waals surface area contributed by atoms with E-state index in [1.54, 1.807) is 0 Å². The number of hydrogen-bond donors (Lipinski definition) is 4. The van der Waals surface area contributed by atoms with Gasteiger partial charge in [0.1, 0.15) is 25.4 Å². The number of carbonyl (C=O) groups excluding carboxylic acids is 3.